The van der Waals surface area contributed by atoms with Crippen LogP contribution in [-0.2, 0) is 10.2 Å². The van der Waals surface area contributed by atoms with E-state index >= 15 is 0 Å². The van der Waals surface area contributed by atoms with Gasteiger partial charge in [-0.1, -0.05) is 12.1 Å². The van der Waals surface area contributed by atoms with E-state index in [1.54, 1.807) is 7.11 Å². The fourth-order valence-corrected chi connectivity index (χ4v) is 4.94. The Hall–Kier alpha value is -3.30. The maximum Gasteiger partial charge on any atom is 0.267 e. The first kappa shape index (κ1) is 19.7. The average Bonchev–Trinajstić information content (AvgIpc) is 3.45. The Labute approximate surface area is 182 Å². The van der Waals surface area contributed by atoms with Crippen molar-refractivity contribution in [1.29, 1.82) is 5.26 Å². The number of piperidine rings is 1. The van der Waals surface area contributed by atoms with Gasteiger partial charge in [0.2, 0.25) is 0 Å². The highest BCUT2D eigenvalue weighted by atomic mass is 16.5. The third kappa shape index (κ3) is 3.45. The molecule has 3 unspecified atom stereocenters. The second-order valence-electron chi connectivity index (χ2n) is 8.56. The van der Waals surface area contributed by atoms with Crippen molar-refractivity contribution >= 4 is 11.6 Å². The Kier molecular flexibility index (Phi) is 4.91. The Bertz CT molecular complexity index is 1050. The second kappa shape index (κ2) is 7.75. The van der Waals surface area contributed by atoms with Crippen LogP contribution in [0.4, 0.5) is 5.69 Å². The average molecular weight is 415 g/mol. The molecule has 2 fully saturated rings. The van der Waals surface area contributed by atoms with E-state index in [1.165, 1.54) is 0 Å². The highest BCUT2D eigenvalue weighted by Gasteiger charge is 2.62. The number of nitriles is 1. The van der Waals surface area contributed by atoms with Gasteiger partial charge < -0.3 is 20.3 Å². The SMILES string of the molecule is COc1ccc(N2C(C(=O)NC3CCCNC3)=CC3(c4ccc(C#N)cc4)CC23)cc1. The normalized spacial score (nSPS) is 26.5. The molecule has 6 nitrogen and oxygen atoms in total. The number of carbonyl (C=O) groups is 1. The van der Waals surface area contributed by atoms with Crippen molar-refractivity contribution in [2.75, 3.05) is 25.1 Å². The molecular formula is C25H26N4O2. The van der Waals surface area contributed by atoms with E-state index < -0.39 is 0 Å². The minimum Gasteiger partial charge on any atom is -0.497 e. The zero-order chi connectivity index (χ0) is 21.4. The maximum atomic E-state index is 13.3. The van der Waals surface area contributed by atoms with E-state index in [-0.39, 0.29) is 23.4 Å². The van der Waals surface area contributed by atoms with E-state index in [9.17, 15) is 4.79 Å². The van der Waals surface area contributed by atoms with Crippen molar-refractivity contribution in [2.45, 2.75) is 36.8 Å². The van der Waals surface area contributed by atoms with Crippen molar-refractivity contribution in [3.8, 4) is 11.8 Å². The molecule has 1 saturated carbocycles. The predicted molar refractivity (Wildman–Crippen MR) is 119 cm³/mol. The molecule has 0 spiro atoms. The molecule has 1 amide bonds. The van der Waals surface area contributed by atoms with E-state index in [0.717, 1.165) is 49.4 Å². The van der Waals surface area contributed by atoms with E-state index in [1.807, 2.05) is 48.5 Å². The fourth-order valence-electron chi connectivity index (χ4n) is 4.94. The molecule has 2 N–H and O–H groups in total. The topological polar surface area (TPSA) is 77.4 Å². The van der Waals surface area contributed by atoms with Crippen LogP contribution in [0.25, 0.3) is 0 Å². The number of anilines is 1. The molecule has 3 aliphatic rings. The summed E-state index contributed by atoms with van der Waals surface area (Å²) >= 11 is 0. The number of fused-ring (bicyclic) bond motifs is 1. The molecule has 2 aromatic carbocycles. The van der Waals surface area contributed by atoms with Gasteiger partial charge >= 0.3 is 0 Å². The molecule has 0 aromatic heterocycles. The maximum absolute atomic E-state index is 13.3. The molecule has 3 atom stereocenters. The van der Waals surface area contributed by atoms with E-state index in [2.05, 4.69) is 27.7 Å². The summed E-state index contributed by atoms with van der Waals surface area (Å²) < 4.78 is 5.31. The van der Waals surface area contributed by atoms with Crippen molar-refractivity contribution < 1.29 is 9.53 Å². The number of rotatable bonds is 5. The number of carbonyl (C=O) groups excluding carboxylic acids is 1. The molecule has 2 aromatic rings. The van der Waals surface area contributed by atoms with Crippen molar-refractivity contribution in [3.05, 3.63) is 71.4 Å². The van der Waals surface area contributed by atoms with Crippen LogP contribution >= 0.6 is 0 Å². The van der Waals surface area contributed by atoms with Crippen molar-refractivity contribution in [1.82, 2.24) is 10.6 Å². The summed E-state index contributed by atoms with van der Waals surface area (Å²) in [5.74, 6) is 0.769. The molecule has 2 heterocycles. The third-order valence-electron chi connectivity index (χ3n) is 6.70. The van der Waals surface area contributed by atoms with Gasteiger partial charge in [0.25, 0.3) is 5.91 Å². The van der Waals surface area contributed by atoms with E-state index in [4.69, 9.17) is 10.00 Å². The van der Waals surface area contributed by atoms with Gasteiger partial charge in [0.15, 0.2) is 0 Å². The van der Waals surface area contributed by atoms with E-state index in [0.29, 0.717) is 11.3 Å². The molecule has 1 aliphatic carbocycles. The summed E-state index contributed by atoms with van der Waals surface area (Å²) in [5, 5.41) is 15.7. The number of methoxy groups -OCH3 is 1. The van der Waals surface area contributed by atoms with Crippen LogP contribution in [0.5, 0.6) is 5.75 Å². The van der Waals surface area contributed by atoms with Crippen LogP contribution in [0.2, 0.25) is 0 Å². The Morgan fingerprint density at radius 1 is 1.23 bits per heavy atom. The molecule has 0 radical (unpaired) electrons. The summed E-state index contributed by atoms with van der Waals surface area (Å²) in [7, 11) is 1.65. The van der Waals surface area contributed by atoms with Crippen molar-refractivity contribution in [2.24, 2.45) is 0 Å². The Morgan fingerprint density at radius 2 is 2.00 bits per heavy atom. The van der Waals surface area contributed by atoms with Crippen LogP contribution in [0, 0.1) is 11.3 Å². The van der Waals surface area contributed by atoms with Crippen LogP contribution in [-0.4, -0.2) is 38.2 Å². The van der Waals surface area contributed by atoms with Gasteiger partial charge in [-0.25, -0.2) is 0 Å². The fraction of sp³-hybridized carbons (Fsp3) is 0.360. The number of hydrogen-bond acceptors (Lipinski definition) is 5. The smallest absolute Gasteiger partial charge is 0.267 e. The first-order valence-corrected chi connectivity index (χ1v) is 10.8. The van der Waals surface area contributed by atoms with Gasteiger partial charge in [-0.3, -0.25) is 4.79 Å². The lowest BCUT2D eigenvalue weighted by atomic mass is 9.94. The van der Waals surface area contributed by atoms with Gasteiger partial charge in [0, 0.05) is 29.7 Å². The van der Waals surface area contributed by atoms with Crippen LogP contribution in [0.1, 0.15) is 30.4 Å². The highest BCUT2D eigenvalue weighted by molar-refractivity contribution is 6.00. The lowest BCUT2D eigenvalue weighted by Crippen LogP contribution is -2.47. The molecular weight excluding hydrogens is 388 g/mol. The van der Waals surface area contributed by atoms with Gasteiger partial charge in [-0.2, -0.15) is 5.26 Å². The summed E-state index contributed by atoms with van der Waals surface area (Å²) in [6.07, 6.45) is 5.16. The zero-order valence-corrected chi connectivity index (χ0v) is 17.6. The molecule has 1 saturated heterocycles. The number of nitrogens with one attached hydrogen (secondary N) is 2. The Balaban J connectivity index is 1.47. The Morgan fingerprint density at radius 3 is 2.65 bits per heavy atom. The summed E-state index contributed by atoms with van der Waals surface area (Å²) in [6.45, 7) is 1.82. The van der Waals surface area contributed by atoms with Crippen LogP contribution in [0.15, 0.2) is 60.3 Å². The molecule has 158 valence electrons. The summed E-state index contributed by atoms with van der Waals surface area (Å²) in [4.78, 5) is 15.5. The minimum atomic E-state index is -0.189. The third-order valence-corrected chi connectivity index (χ3v) is 6.70. The standard InChI is InChI=1S/C25H26N4O2/c1-31-21-10-8-20(9-11-21)29-22(24(30)28-19-3-2-12-27-16-19)13-25(14-23(25)29)18-6-4-17(15-26)5-7-18/h4-11,13,19,23,27H,2-3,12,14,16H2,1H3,(H,28,30). The van der Waals surface area contributed by atoms with Gasteiger partial charge in [-0.15, -0.1) is 0 Å². The molecule has 0 bridgehead atoms. The number of hydrogen-bond donors (Lipinski definition) is 2. The number of nitrogens with zero attached hydrogens (tertiary/aromatic N) is 2. The minimum absolute atomic E-state index is 0.0234. The predicted octanol–water partition coefficient (Wildman–Crippen LogP) is 2.85. The number of benzene rings is 2. The van der Waals surface area contributed by atoms with Gasteiger partial charge in [-0.05, 0) is 73.8 Å². The molecule has 5 rings (SSSR count). The zero-order valence-electron chi connectivity index (χ0n) is 17.6. The summed E-state index contributed by atoms with van der Waals surface area (Å²) in [6, 6.07) is 18.2. The number of amides is 1. The summed E-state index contributed by atoms with van der Waals surface area (Å²) in [5.41, 5.74) is 3.30. The van der Waals surface area contributed by atoms with Gasteiger partial charge in [0.1, 0.15) is 11.4 Å². The first-order valence-electron chi connectivity index (χ1n) is 10.8. The molecule has 6 heteroatoms. The second-order valence-corrected chi connectivity index (χ2v) is 8.56. The molecule has 2 aliphatic heterocycles. The van der Waals surface area contributed by atoms with Crippen LogP contribution in [0.3, 0.4) is 0 Å². The molecule has 31 heavy (non-hydrogen) atoms. The van der Waals surface area contributed by atoms with Crippen LogP contribution < -0.4 is 20.3 Å². The largest absolute Gasteiger partial charge is 0.497 e. The highest BCUT2D eigenvalue weighted by Crippen LogP contribution is 2.59. The van der Waals surface area contributed by atoms with Gasteiger partial charge in [0.05, 0.1) is 18.7 Å². The monoisotopic (exact) mass is 414 g/mol. The quantitative estimate of drug-likeness (QED) is 0.787. The lowest BCUT2D eigenvalue weighted by Gasteiger charge is -2.28. The number of ether oxygens (including phenoxy) is 1. The first-order chi connectivity index (χ1) is 15.1. The van der Waals surface area contributed by atoms with Crippen molar-refractivity contribution in [3.63, 3.8) is 0 Å². The lowest BCUT2D eigenvalue weighted by molar-refractivity contribution is -0.118.